The third-order valence-corrected chi connectivity index (χ3v) is 6.41. The smallest absolute Gasteiger partial charge is 0.165 e. The summed E-state index contributed by atoms with van der Waals surface area (Å²) in [5.41, 5.74) is 1.96. The Labute approximate surface area is 201 Å². The molecule has 0 amide bonds. The molecule has 0 N–H and O–H groups in total. The first-order valence-corrected chi connectivity index (χ1v) is 11.9. The number of likely N-dealkylation sites (tertiary alicyclic amines) is 1. The second-order valence-electron chi connectivity index (χ2n) is 9.01. The van der Waals surface area contributed by atoms with Crippen LogP contribution < -0.4 is 9.47 Å². The first kappa shape index (κ1) is 24.2. The van der Waals surface area contributed by atoms with Gasteiger partial charge in [0.05, 0.1) is 12.7 Å². The van der Waals surface area contributed by atoms with Gasteiger partial charge in [0.25, 0.3) is 0 Å². The number of para-hydroxylation sites is 1. The summed E-state index contributed by atoms with van der Waals surface area (Å²) in [6.07, 6.45) is 6.57. The van der Waals surface area contributed by atoms with Crippen molar-refractivity contribution < 1.29 is 18.6 Å². The van der Waals surface area contributed by atoms with Crippen LogP contribution in [-0.2, 0) is 17.8 Å². The number of nitrogens with zero attached hydrogens (tertiary/aromatic N) is 3. The van der Waals surface area contributed by atoms with Crippen molar-refractivity contribution in [2.75, 3.05) is 33.4 Å². The van der Waals surface area contributed by atoms with E-state index in [4.69, 9.17) is 14.2 Å². The molecule has 0 saturated carbocycles. The Balaban J connectivity index is 1.29. The molecule has 3 aromatic rings. The normalized spacial score (nSPS) is 19.0. The lowest BCUT2D eigenvalue weighted by Gasteiger charge is -2.31. The van der Waals surface area contributed by atoms with Crippen molar-refractivity contribution in [1.82, 2.24) is 14.7 Å². The Hall–Kier alpha value is -2.90. The van der Waals surface area contributed by atoms with Crippen LogP contribution in [0.4, 0.5) is 4.39 Å². The lowest BCUT2D eigenvalue weighted by molar-refractivity contribution is -0.0548. The van der Waals surface area contributed by atoms with Crippen molar-refractivity contribution in [2.45, 2.75) is 44.9 Å². The van der Waals surface area contributed by atoms with Crippen LogP contribution in [0, 0.1) is 12.7 Å². The van der Waals surface area contributed by atoms with Crippen LogP contribution in [0.15, 0.2) is 60.9 Å². The molecule has 4 rings (SSSR count). The average Bonchev–Trinajstić information content (AvgIpc) is 3.15. The SMILES string of the molecule is CO[C@]1(COc2ccccc2F)CCCN(Cc2cccc(OCCn3cc(C)cn3)c2)CC1. The molecular formula is C27H34FN3O3. The van der Waals surface area contributed by atoms with Gasteiger partial charge in [0, 0.05) is 26.4 Å². The van der Waals surface area contributed by atoms with E-state index < -0.39 is 5.60 Å². The van der Waals surface area contributed by atoms with E-state index in [9.17, 15) is 4.39 Å². The van der Waals surface area contributed by atoms with Gasteiger partial charge < -0.3 is 14.2 Å². The molecular weight excluding hydrogens is 433 g/mol. The second kappa shape index (κ2) is 11.5. The summed E-state index contributed by atoms with van der Waals surface area (Å²) in [6, 6.07) is 14.8. The zero-order chi connectivity index (χ0) is 23.8. The van der Waals surface area contributed by atoms with Crippen LogP contribution in [-0.4, -0.2) is 53.7 Å². The summed E-state index contributed by atoms with van der Waals surface area (Å²) in [6.45, 7) is 6.39. The van der Waals surface area contributed by atoms with E-state index in [-0.39, 0.29) is 11.6 Å². The molecule has 1 aliphatic rings. The van der Waals surface area contributed by atoms with Crippen molar-refractivity contribution >= 4 is 0 Å². The first-order chi connectivity index (χ1) is 16.5. The highest BCUT2D eigenvalue weighted by atomic mass is 19.1. The van der Waals surface area contributed by atoms with E-state index in [1.165, 1.54) is 11.6 Å². The fourth-order valence-electron chi connectivity index (χ4n) is 4.40. The number of ether oxygens (including phenoxy) is 3. The number of methoxy groups -OCH3 is 1. The molecule has 0 radical (unpaired) electrons. The van der Waals surface area contributed by atoms with Gasteiger partial charge in [0.1, 0.15) is 24.6 Å². The minimum atomic E-state index is -0.410. The van der Waals surface area contributed by atoms with Gasteiger partial charge in [-0.25, -0.2) is 4.39 Å². The number of hydrogen-bond acceptors (Lipinski definition) is 5. The second-order valence-corrected chi connectivity index (χ2v) is 9.01. The van der Waals surface area contributed by atoms with Crippen molar-refractivity contribution in [3.63, 3.8) is 0 Å². The van der Waals surface area contributed by atoms with Gasteiger partial charge in [-0.15, -0.1) is 0 Å². The van der Waals surface area contributed by atoms with Gasteiger partial charge in [0.2, 0.25) is 0 Å². The predicted molar refractivity (Wildman–Crippen MR) is 130 cm³/mol. The summed E-state index contributed by atoms with van der Waals surface area (Å²) in [4.78, 5) is 2.44. The van der Waals surface area contributed by atoms with E-state index in [0.717, 1.165) is 56.8 Å². The molecule has 2 heterocycles. The van der Waals surface area contributed by atoms with E-state index in [1.807, 2.05) is 36.1 Å². The van der Waals surface area contributed by atoms with Gasteiger partial charge in [0.15, 0.2) is 11.6 Å². The van der Waals surface area contributed by atoms with Crippen molar-refractivity contribution in [2.24, 2.45) is 0 Å². The van der Waals surface area contributed by atoms with Crippen molar-refractivity contribution in [3.05, 3.63) is 77.9 Å². The number of aromatic nitrogens is 2. The molecule has 7 heteroatoms. The maximum atomic E-state index is 14.0. The number of benzene rings is 2. The van der Waals surface area contributed by atoms with Crippen LogP contribution >= 0.6 is 0 Å². The minimum absolute atomic E-state index is 0.277. The molecule has 182 valence electrons. The molecule has 0 unspecified atom stereocenters. The molecule has 0 bridgehead atoms. The third kappa shape index (κ3) is 6.58. The first-order valence-electron chi connectivity index (χ1n) is 11.9. The molecule has 6 nitrogen and oxygen atoms in total. The van der Waals surface area contributed by atoms with Crippen LogP contribution in [0.1, 0.15) is 30.4 Å². The van der Waals surface area contributed by atoms with E-state index in [1.54, 1.807) is 25.3 Å². The Bertz CT molecular complexity index is 1060. The predicted octanol–water partition coefficient (Wildman–Crippen LogP) is 4.86. The number of halogens is 1. The zero-order valence-corrected chi connectivity index (χ0v) is 20.1. The summed E-state index contributed by atoms with van der Waals surface area (Å²) >= 11 is 0. The van der Waals surface area contributed by atoms with Crippen LogP contribution in [0.25, 0.3) is 0 Å². The highest BCUT2D eigenvalue weighted by Crippen LogP contribution is 2.29. The van der Waals surface area contributed by atoms with Crippen molar-refractivity contribution in [1.29, 1.82) is 0 Å². The summed E-state index contributed by atoms with van der Waals surface area (Å²) < 4.78 is 33.6. The van der Waals surface area contributed by atoms with E-state index in [2.05, 4.69) is 22.1 Å². The van der Waals surface area contributed by atoms with Gasteiger partial charge in [-0.2, -0.15) is 5.10 Å². The lowest BCUT2D eigenvalue weighted by Crippen LogP contribution is -2.39. The van der Waals surface area contributed by atoms with Gasteiger partial charge in [-0.3, -0.25) is 9.58 Å². The highest BCUT2D eigenvalue weighted by Gasteiger charge is 2.34. The van der Waals surface area contributed by atoms with E-state index in [0.29, 0.717) is 13.2 Å². The summed E-state index contributed by atoms with van der Waals surface area (Å²) in [5, 5.41) is 4.30. The van der Waals surface area contributed by atoms with Gasteiger partial charge in [-0.1, -0.05) is 24.3 Å². The molecule has 34 heavy (non-hydrogen) atoms. The molecule has 2 aromatic carbocycles. The van der Waals surface area contributed by atoms with E-state index >= 15 is 0 Å². The van der Waals surface area contributed by atoms with Gasteiger partial charge in [-0.05, 0) is 68.1 Å². The zero-order valence-electron chi connectivity index (χ0n) is 20.1. The largest absolute Gasteiger partial charge is 0.492 e. The summed E-state index contributed by atoms with van der Waals surface area (Å²) in [5.74, 6) is 0.811. The Morgan fingerprint density at radius 3 is 2.74 bits per heavy atom. The van der Waals surface area contributed by atoms with Gasteiger partial charge >= 0.3 is 0 Å². The topological polar surface area (TPSA) is 48.8 Å². The maximum Gasteiger partial charge on any atom is 0.165 e. The lowest BCUT2D eigenvalue weighted by atomic mass is 9.95. The molecule has 1 aromatic heterocycles. The standard InChI is InChI=1S/C27H34FN3O3/c1-22-18-29-31(19-22)15-16-33-24-8-5-7-23(17-24)20-30-13-6-11-27(32-2,12-14-30)21-34-26-10-4-3-9-25(26)28/h3-5,7-10,17-19H,6,11-16,20-21H2,1-2H3/t27-/m1/s1. The van der Waals surface area contributed by atoms with Crippen LogP contribution in [0.2, 0.25) is 0 Å². The molecule has 1 aliphatic heterocycles. The molecule has 1 fully saturated rings. The van der Waals surface area contributed by atoms with Crippen molar-refractivity contribution in [3.8, 4) is 11.5 Å². The maximum absolute atomic E-state index is 14.0. The monoisotopic (exact) mass is 467 g/mol. The Morgan fingerprint density at radius 1 is 1.06 bits per heavy atom. The molecule has 0 spiro atoms. The number of rotatable bonds is 10. The Morgan fingerprint density at radius 2 is 1.94 bits per heavy atom. The summed E-state index contributed by atoms with van der Waals surface area (Å²) in [7, 11) is 1.73. The molecule has 1 saturated heterocycles. The van der Waals surface area contributed by atoms with Crippen LogP contribution in [0.5, 0.6) is 11.5 Å². The molecule has 0 aliphatic carbocycles. The quantitative estimate of drug-likeness (QED) is 0.426. The number of hydrogen-bond donors (Lipinski definition) is 0. The van der Waals surface area contributed by atoms with Crippen LogP contribution in [0.3, 0.4) is 0 Å². The minimum Gasteiger partial charge on any atom is -0.492 e. The average molecular weight is 468 g/mol. The highest BCUT2D eigenvalue weighted by molar-refractivity contribution is 5.28. The Kier molecular flexibility index (Phi) is 8.19. The number of aryl methyl sites for hydroxylation is 1. The molecule has 1 atom stereocenters. The third-order valence-electron chi connectivity index (χ3n) is 6.41. The fourth-order valence-corrected chi connectivity index (χ4v) is 4.40. The fraction of sp³-hybridized carbons (Fsp3) is 0.444.